The zero-order chi connectivity index (χ0) is 14.8. The van der Waals surface area contributed by atoms with Crippen LogP contribution in [0.25, 0.3) is 0 Å². The van der Waals surface area contributed by atoms with Gasteiger partial charge in [-0.1, -0.05) is 6.92 Å². The maximum atomic E-state index is 12.3. The van der Waals surface area contributed by atoms with E-state index in [9.17, 15) is 4.79 Å². The summed E-state index contributed by atoms with van der Waals surface area (Å²) in [6.45, 7) is 10.1. The largest absolute Gasteiger partial charge is 0.329 e. The van der Waals surface area contributed by atoms with Gasteiger partial charge in [0.05, 0.1) is 6.04 Å². The Labute approximate surface area is 129 Å². The lowest BCUT2D eigenvalue weighted by Crippen LogP contribution is -2.50. The highest BCUT2D eigenvalue weighted by molar-refractivity contribution is 8.00. The molecule has 0 radical (unpaired) electrons. The molecule has 0 spiro atoms. The number of hydrogen-bond donors (Lipinski definition) is 1. The first-order valence-electron chi connectivity index (χ1n) is 7.05. The van der Waals surface area contributed by atoms with Crippen molar-refractivity contribution in [2.45, 2.75) is 44.9 Å². The number of carbonyl (C=O) groups excluding carboxylic acids is 1. The van der Waals surface area contributed by atoms with Gasteiger partial charge >= 0.3 is 6.03 Å². The maximum absolute atomic E-state index is 12.3. The molecule has 1 unspecified atom stereocenters. The normalized spacial score (nSPS) is 19.7. The molecule has 0 saturated carbocycles. The monoisotopic (exact) mass is 313 g/mol. The quantitative estimate of drug-likeness (QED) is 0.931. The lowest BCUT2D eigenvalue weighted by molar-refractivity contribution is 0.191. The second-order valence-electron chi connectivity index (χ2n) is 5.72. The summed E-state index contributed by atoms with van der Waals surface area (Å²) in [5.41, 5.74) is 0. The van der Waals surface area contributed by atoms with E-state index in [0.717, 1.165) is 30.3 Å². The topological polar surface area (TPSA) is 45.2 Å². The third kappa shape index (κ3) is 3.88. The van der Waals surface area contributed by atoms with Gasteiger partial charge in [0.2, 0.25) is 0 Å². The van der Waals surface area contributed by atoms with Gasteiger partial charge in [-0.25, -0.2) is 9.78 Å². The van der Waals surface area contributed by atoms with Crippen molar-refractivity contribution in [3.8, 4) is 0 Å². The van der Waals surface area contributed by atoms with Gasteiger partial charge in [-0.2, -0.15) is 11.8 Å². The molecule has 0 aliphatic carbocycles. The molecule has 1 N–H and O–H groups in total. The number of urea groups is 1. The Hall–Kier alpha value is -0.750. The highest BCUT2D eigenvalue weighted by atomic mass is 32.2. The van der Waals surface area contributed by atoms with Gasteiger partial charge in [-0.05, 0) is 27.2 Å². The number of aromatic nitrogens is 1. The lowest BCUT2D eigenvalue weighted by atomic mass is 10.2. The van der Waals surface area contributed by atoms with Gasteiger partial charge in [-0.3, -0.25) is 0 Å². The minimum absolute atomic E-state index is 0.0227. The van der Waals surface area contributed by atoms with Gasteiger partial charge in [0, 0.05) is 34.7 Å². The van der Waals surface area contributed by atoms with Crippen LogP contribution in [0.3, 0.4) is 0 Å². The Kier molecular flexibility index (Phi) is 4.96. The molecule has 1 fully saturated rings. The van der Waals surface area contributed by atoms with Crippen LogP contribution in [-0.2, 0) is 6.42 Å². The van der Waals surface area contributed by atoms with Crippen molar-refractivity contribution < 1.29 is 4.79 Å². The molecule has 0 bridgehead atoms. The van der Waals surface area contributed by atoms with E-state index in [2.05, 4.69) is 31.1 Å². The number of thiazole rings is 1. The average Bonchev–Trinajstić information content (AvgIpc) is 2.86. The summed E-state index contributed by atoms with van der Waals surface area (Å²) in [5, 5.41) is 4.05. The Balaban J connectivity index is 1.93. The van der Waals surface area contributed by atoms with E-state index in [4.69, 9.17) is 0 Å². The van der Waals surface area contributed by atoms with Crippen molar-refractivity contribution in [3.05, 3.63) is 16.1 Å². The SMILES string of the molecule is CCc1cnc(C(C)NC(=O)N2CCSC(C)(C)C2)s1. The number of aryl methyl sites for hydroxylation is 1. The average molecular weight is 313 g/mol. The van der Waals surface area contributed by atoms with E-state index in [1.165, 1.54) is 4.88 Å². The van der Waals surface area contributed by atoms with Crippen LogP contribution < -0.4 is 5.32 Å². The molecule has 1 atom stereocenters. The summed E-state index contributed by atoms with van der Waals surface area (Å²) >= 11 is 3.61. The Morgan fingerprint density at radius 1 is 1.60 bits per heavy atom. The minimum Gasteiger partial charge on any atom is -0.329 e. The summed E-state index contributed by atoms with van der Waals surface area (Å²) in [4.78, 5) is 19.9. The highest BCUT2D eigenvalue weighted by Crippen LogP contribution is 2.29. The standard InChI is InChI=1S/C14H23N3OS2/c1-5-11-8-15-12(20-11)10(2)16-13(18)17-6-7-19-14(3,4)9-17/h8,10H,5-7,9H2,1-4H3,(H,16,18). The van der Waals surface area contributed by atoms with Crippen molar-refractivity contribution in [2.75, 3.05) is 18.8 Å². The molecule has 0 aromatic carbocycles. The zero-order valence-electron chi connectivity index (χ0n) is 12.6. The summed E-state index contributed by atoms with van der Waals surface area (Å²) in [7, 11) is 0. The maximum Gasteiger partial charge on any atom is 0.318 e. The molecule has 1 aliphatic heterocycles. The molecule has 2 heterocycles. The summed E-state index contributed by atoms with van der Waals surface area (Å²) < 4.78 is 0.148. The van der Waals surface area contributed by atoms with E-state index in [-0.39, 0.29) is 16.8 Å². The molecule has 1 saturated heterocycles. The van der Waals surface area contributed by atoms with Crippen molar-refractivity contribution in [3.63, 3.8) is 0 Å². The van der Waals surface area contributed by atoms with Crippen LogP contribution in [0.4, 0.5) is 4.79 Å². The molecule has 1 aromatic heterocycles. The molecular weight excluding hydrogens is 290 g/mol. The predicted molar refractivity (Wildman–Crippen MR) is 86.5 cm³/mol. The fraction of sp³-hybridized carbons (Fsp3) is 0.714. The van der Waals surface area contributed by atoms with Crippen molar-refractivity contribution in [1.29, 1.82) is 0 Å². The fourth-order valence-electron chi connectivity index (χ4n) is 2.21. The zero-order valence-corrected chi connectivity index (χ0v) is 14.2. The first-order valence-corrected chi connectivity index (χ1v) is 8.85. The molecule has 1 aliphatic rings. The van der Waals surface area contributed by atoms with E-state index >= 15 is 0 Å². The minimum atomic E-state index is -0.0227. The number of carbonyl (C=O) groups is 1. The van der Waals surface area contributed by atoms with Gasteiger partial charge in [-0.15, -0.1) is 11.3 Å². The predicted octanol–water partition coefficient (Wildman–Crippen LogP) is 3.30. The van der Waals surface area contributed by atoms with Crippen molar-refractivity contribution in [1.82, 2.24) is 15.2 Å². The number of rotatable bonds is 3. The van der Waals surface area contributed by atoms with Gasteiger partial charge < -0.3 is 10.2 Å². The first-order chi connectivity index (χ1) is 9.41. The van der Waals surface area contributed by atoms with E-state index in [0.29, 0.717) is 0 Å². The van der Waals surface area contributed by atoms with E-state index in [1.807, 2.05) is 29.8 Å². The number of thioether (sulfide) groups is 1. The van der Waals surface area contributed by atoms with Crippen molar-refractivity contribution >= 4 is 29.1 Å². The highest BCUT2D eigenvalue weighted by Gasteiger charge is 2.30. The molecule has 1 aromatic rings. The molecule has 2 rings (SSSR count). The van der Waals surface area contributed by atoms with Crippen molar-refractivity contribution in [2.24, 2.45) is 0 Å². The van der Waals surface area contributed by atoms with Crippen LogP contribution in [-0.4, -0.2) is 39.5 Å². The number of nitrogens with one attached hydrogen (secondary N) is 1. The van der Waals surface area contributed by atoms with E-state index < -0.39 is 0 Å². The number of nitrogens with zero attached hydrogens (tertiary/aromatic N) is 2. The van der Waals surface area contributed by atoms with Crippen LogP contribution in [0.1, 0.15) is 43.6 Å². The Morgan fingerprint density at radius 3 is 2.95 bits per heavy atom. The Morgan fingerprint density at radius 2 is 2.35 bits per heavy atom. The molecule has 4 nitrogen and oxygen atoms in total. The van der Waals surface area contributed by atoms with E-state index in [1.54, 1.807) is 11.3 Å². The smallest absolute Gasteiger partial charge is 0.318 e. The third-order valence-electron chi connectivity index (χ3n) is 3.34. The van der Waals surface area contributed by atoms with Crippen LogP contribution >= 0.6 is 23.1 Å². The van der Waals surface area contributed by atoms with Crippen LogP contribution in [0.2, 0.25) is 0 Å². The second kappa shape index (κ2) is 6.35. The van der Waals surface area contributed by atoms with Gasteiger partial charge in [0.15, 0.2) is 0 Å². The van der Waals surface area contributed by atoms with Crippen LogP contribution in [0, 0.1) is 0 Å². The summed E-state index contributed by atoms with van der Waals surface area (Å²) in [6, 6.07) is 0.00427. The van der Waals surface area contributed by atoms with Gasteiger partial charge in [0.25, 0.3) is 0 Å². The Bertz CT molecular complexity index is 473. The number of amides is 2. The lowest BCUT2D eigenvalue weighted by Gasteiger charge is -2.37. The second-order valence-corrected chi connectivity index (χ2v) is 8.67. The van der Waals surface area contributed by atoms with Crippen LogP contribution in [0.5, 0.6) is 0 Å². The van der Waals surface area contributed by atoms with Gasteiger partial charge in [0.1, 0.15) is 5.01 Å². The third-order valence-corrected chi connectivity index (χ3v) is 5.96. The van der Waals surface area contributed by atoms with Crippen LogP contribution in [0.15, 0.2) is 6.20 Å². The fourth-order valence-corrected chi connectivity index (χ4v) is 4.19. The number of hydrogen-bond acceptors (Lipinski definition) is 4. The molecule has 6 heteroatoms. The first kappa shape index (κ1) is 15.6. The summed E-state index contributed by atoms with van der Waals surface area (Å²) in [5.74, 6) is 1.01. The molecule has 2 amide bonds. The molecule has 20 heavy (non-hydrogen) atoms. The molecular formula is C14H23N3OS2. The summed E-state index contributed by atoms with van der Waals surface area (Å²) in [6.07, 6.45) is 2.90. The molecule has 112 valence electrons.